The molecule has 8 heteroatoms. The first kappa shape index (κ1) is 21.9. The molecular weight excluding hydrogens is 363 g/mol. The molecule has 0 aliphatic rings. The van der Waals surface area contributed by atoms with E-state index in [-0.39, 0.29) is 12.0 Å². The van der Waals surface area contributed by atoms with Gasteiger partial charge in [0.1, 0.15) is 5.54 Å². The van der Waals surface area contributed by atoms with Crippen LogP contribution in [0.25, 0.3) is 0 Å². The average molecular weight is 381 g/mol. The van der Waals surface area contributed by atoms with Gasteiger partial charge in [0, 0.05) is 18.6 Å². The summed E-state index contributed by atoms with van der Waals surface area (Å²) in [4.78, 5) is 19.1. The van der Waals surface area contributed by atoms with Crippen molar-refractivity contribution >= 4 is 11.9 Å². The number of benzene rings is 2. The number of rotatable bonds is 5. The molecule has 27 heavy (non-hydrogen) atoms. The number of hydrogen-bond donors (Lipinski definition) is 3. The molecule has 4 N–H and O–H groups in total. The summed E-state index contributed by atoms with van der Waals surface area (Å²) in [6, 6.07) is 16.1. The fourth-order valence-corrected chi connectivity index (χ4v) is 2.16. The second kappa shape index (κ2) is 9.54. The quantitative estimate of drug-likeness (QED) is 0.690. The van der Waals surface area contributed by atoms with Crippen molar-refractivity contribution in [2.24, 2.45) is 5.73 Å². The molecule has 2 aromatic carbocycles. The number of halogens is 3. The minimum absolute atomic E-state index is 0.0753. The molecule has 0 spiro atoms. The molecule has 0 fully saturated rings. The smallest absolute Gasteiger partial charge is 0.410 e. The Kier molecular flexibility index (Phi) is 7.74. The zero-order chi connectivity index (χ0) is 20.5. The summed E-state index contributed by atoms with van der Waals surface area (Å²) >= 11 is 0. The van der Waals surface area contributed by atoms with Crippen molar-refractivity contribution in [1.82, 2.24) is 0 Å². The first-order chi connectivity index (χ1) is 12.6. The molecule has 0 aromatic heterocycles. The Morgan fingerprint density at radius 1 is 0.852 bits per heavy atom. The molecule has 0 bridgehead atoms. The molecule has 0 aliphatic heterocycles. The van der Waals surface area contributed by atoms with E-state index in [1.54, 1.807) is 48.5 Å². The minimum atomic E-state index is -4.51. The largest absolute Gasteiger partial charge is 0.478 e. The summed E-state index contributed by atoms with van der Waals surface area (Å²) in [5.74, 6) is -2.51. The van der Waals surface area contributed by atoms with Crippen molar-refractivity contribution in [1.29, 1.82) is 0 Å². The highest BCUT2D eigenvalue weighted by atomic mass is 19.4. The van der Waals surface area contributed by atoms with Crippen molar-refractivity contribution in [3.63, 3.8) is 0 Å². The molecule has 1 atom stereocenters. The van der Waals surface area contributed by atoms with Gasteiger partial charge in [-0.05, 0) is 11.1 Å². The predicted octanol–water partition coefficient (Wildman–Crippen LogP) is 3.36. The van der Waals surface area contributed by atoms with Crippen molar-refractivity contribution in [3.8, 4) is 0 Å². The van der Waals surface area contributed by atoms with Gasteiger partial charge in [-0.15, -0.1) is 0 Å². The molecular formula is C19H18F3NO4. The van der Waals surface area contributed by atoms with Crippen LogP contribution in [0.2, 0.25) is 0 Å². The van der Waals surface area contributed by atoms with Gasteiger partial charge in [0.05, 0.1) is 0 Å². The molecule has 144 valence electrons. The maximum Gasteiger partial charge on any atom is 0.410 e. The van der Waals surface area contributed by atoms with Crippen LogP contribution in [-0.4, -0.2) is 28.3 Å². The van der Waals surface area contributed by atoms with E-state index >= 15 is 0 Å². The van der Waals surface area contributed by atoms with E-state index < -0.39 is 23.7 Å². The number of carbonyl (C=O) groups is 2. The van der Waals surface area contributed by atoms with Crippen molar-refractivity contribution in [3.05, 3.63) is 83.9 Å². The van der Waals surface area contributed by atoms with E-state index in [2.05, 4.69) is 0 Å². The Balaban J connectivity index is 0.000000387. The second-order valence-corrected chi connectivity index (χ2v) is 5.51. The van der Waals surface area contributed by atoms with Gasteiger partial charge in [-0.1, -0.05) is 60.7 Å². The van der Waals surface area contributed by atoms with Crippen LogP contribution in [0.15, 0.2) is 72.8 Å². The first-order valence-electron chi connectivity index (χ1n) is 7.65. The zero-order valence-electron chi connectivity index (χ0n) is 14.1. The van der Waals surface area contributed by atoms with Crippen LogP contribution in [0.5, 0.6) is 0 Å². The lowest BCUT2D eigenvalue weighted by Gasteiger charge is -2.32. The maximum absolute atomic E-state index is 13.4. The molecule has 2 rings (SSSR count). The Hall–Kier alpha value is -3.13. The van der Waals surface area contributed by atoms with Crippen LogP contribution in [0.3, 0.4) is 0 Å². The number of aliphatic carboxylic acids is 2. The molecule has 0 amide bonds. The van der Waals surface area contributed by atoms with E-state index in [0.717, 1.165) is 0 Å². The highest BCUT2D eigenvalue weighted by Gasteiger charge is 2.52. The average Bonchev–Trinajstić information content (AvgIpc) is 2.61. The molecule has 1 unspecified atom stereocenters. The number of carboxylic acids is 2. The van der Waals surface area contributed by atoms with Gasteiger partial charge in [0.25, 0.3) is 0 Å². The third kappa shape index (κ3) is 6.95. The van der Waals surface area contributed by atoms with Gasteiger partial charge >= 0.3 is 18.1 Å². The number of alkyl halides is 3. The minimum Gasteiger partial charge on any atom is -0.478 e. The van der Waals surface area contributed by atoms with E-state index in [4.69, 9.17) is 15.9 Å². The van der Waals surface area contributed by atoms with Gasteiger partial charge in [-0.25, -0.2) is 9.59 Å². The standard InChI is InChI=1S/C15H14F3N.C4H4O4/c16-15(17,18)14(19,13-9-5-2-6-10-13)11-12-7-3-1-4-8-12;5-3(6)1-2-4(7)8/h1-10H,11,19H2;1-2H,(H,5,6)(H,7,8). The Morgan fingerprint density at radius 2 is 1.26 bits per heavy atom. The van der Waals surface area contributed by atoms with Gasteiger partial charge in [0.15, 0.2) is 0 Å². The van der Waals surface area contributed by atoms with Crippen LogP contribution in [0.1, 0.15) is 11.1 Å². The lowest BCUT2D eigenvalue weighted by atomic mass is 9.84. The number of carboxylic acid groups (broad SMARTS) is 2. The molecule has 0 saturated carbocycles. The van der Waals surface area contributed by atoms with E-state index in [1.807, 2.05) is 0 Å². The van der Waals surface area contributed by atoms with Crippen molar-refractivity contribution in [2.45, 2.75) is 18.1 Å². The molecule has 0 radical (unpaired) electrons. The summed E-state index contributed by atoms with van der Waals surface area (Å²) in [5.41, 5.74) is 3.97. The Morgan fingerprint density at radius 3 is 1.63 bits per heavy atom. The van der Waals surface area contributed by atoms with Gasteiger partial charge in [-0.3, -0.25) is 0 Å². The molecule has 5 nitrogen and oxygen atoms in total. The Bertz CT molecular complexity index is 761. The molecule has 2 aromatic rings. The van der Waals surface area contributed by atoms with E-state index in [9.17, 15) is 22.8 Å². The van der Waals surface area contributed by atoms with Crippen molar-refractivity contribution < 1.29 is 33.0 Å². The summed E-state index contributed by atoms with van der Waals surface area (Å²) in [6.07, 6.45) is -3.67. The van der Waals surface area contributed by atoms with Crippen molar-refractivity contribution in [2.75, 3.05) is 0 Å². The van der Waals surface area contributed by atoms with Crippen LogP contribution in [0.4, 0.5) is 13.2 Å². The maximum atomic E-state index is 13.4. The summed E-state index contributed by atoms with van der Waals surface area (Å²) in [7, 11) is 0. The highest BCUT2D eigenvalue weighted by molar-refractivity contribution is 5.89. The highest BCUT2D eigenvalue weighted by Crippen LogP contribution is 2.39. The monoisotopic (exact) mass is 381 g/mol. The summed E-state index contributed by atoms with van der Waals surface area (Å²) in [6.45, 7) is 0. The number of nitrogens with two attached hydrogens (primary N) is 1. The lowest BCUT2D eigenvalue weighted by Crippen LogP contribution is -2.52. The van der Waals surface area contributed by atoms with Crippen LogP contribution in [0, 0.1) is 0 Å². The SMILES string of the molecule is NC(Cc1ccccc1)(c1ccccc1)C(F)(F)F.O=C(O)C=CC(=O)O. The Labute approximate surface area is 153 Å². The molecule has 0 aliphatic carbocycles. The topological polar surface area (TPSA) is 101 Å². The third-order valence-corrected chi connectivity index (χ3v) is 3.49. The normalized spacial score (nSPS) is 13.3. The first-order valence-corrected chi connectivity index (χ1v) is 7.65. The van der Waals surface area contributed by atoms with Crippen LogP contribution < -0.4 is 5.73 Å². The van der Waals surface area contributed by atoms with Crippen LogP contribution >= 0.6 is 0 Å². The van der Waals surface area contributed by atoms with Gasteiger partial charge < -0.3 is 15.9 Å². The fraction of sp³-hybridized carbons (Fsp3) is 0.158. The third-order valence-electron chi connectivity index (χ3n) is 3.49. The van der Waals surface area contributed by atoms with E-state index in [1.165, 1.54) is 12.1 Å². The fourth-order valence-electron chi connectivity index (χ4n) is 2.16. The predicted molar refractivity (Wildman–Crippen MR) is 92.9 cm³/mol. The molecule has 0 saturated heterocycles. The second-order valence-electron chi connectivity index (χ2n) is 5.51. The van der Waals surface area contributed by atoms with Gasteiger partial charge in [-0.2, -0.15) is 13.2 Å². The zero-order valence-corrected chi connectivity index (χ0v) is 14.1. The number of hydrogen-bond acceptors (Lipinski definition) is 3. The molecule has 0 heterocycles. The lowest BCUT2D eigenvalue weighted by molar-refractivity contribution is -0.189. The summed E-state index contributed by atoms with van der Waals surface area (Å²) in [5, 5.41) is 15.6. The van der Waals surface area contributed by atoms with E-state index in [0.29, 0.717) is 17.7 Å². The summed E-state index contributed by atoms with van der Waals surface area (Å²) < 4.78 is 40.1. The van der Waals surface area contributed by atoms with Crippen LogP contribution in [-0.2, 0) is 21.5 Å². The van der Waals surface area contributed by atoms with Gasteiger partial charge in [0.2, 0.25) is 0 Å².